The molecular formula is C14H18N2O3. The molecule has 1 aromatic rings. The van der Waals surface area contributed by atoms with E-state index in [0.717, 1.165) is 16.8 Å². The Bertz CT molecular complexity index is 527. The van der Waals surface area contributed by atoms with E-state index in [4.69, 9.17) is 5.11 Å². The van der Waals surface area contributed by atoms with E-state index in [1.165, 1.54) is 4.90 Å². The van der Waals surface area contributed by atoms with Gasteiger partial charge in [0.2, 0.25) is 0 Å². The van der Waals surface area contributed by atoms with Crippen LogP contribution in [0.1, 0.15) is 17.5 Å². The highest BCUT2D eigenvalue weighted by atomic mass is 16.4. The minimum Gasteiger partial charge on any atom is -0.481 e. The van der Waals surface area contributed by atoms with Crippen molar-refractivity contribution in [2.24, 2.45) is 0 Å². The van der Waals surface area contributed by atoms with Gasteiger partial charge in [0.05, 0.1) is 12.5 Å². The number of amides is 2. The first-order chi connectivity index (χ1) is 8.91. The van der Waals surface area contributed by atoms with E-state index in [2.05, 4.69) is 0 Å². The standard InChI is InChI=1S/C14H18N2O3/c1-9-5-4-6-12(10(9)2)16-8-11(7-13(17)18)15(3)14(16)19/h4-6,11H,7-8H2,1-3H3,(H,17,18). The highest BCUT2D eigenvalue weighted by molar-refractivity contribution is 5.95. The third-order valence-electron chi connectivity index (χ3n) is 3.75. The second kappa shape index (κ2) is 4.91. The van der Waals surface area contributed by atoms with E-state index in [9.17, 15) is 9.59 Å². The molecule has 1 saturated heterocycles. The molecule has 5 nitrogen and oxygen atoms in total. The number of rotatable bonds is 3. The molecule has 0 saturated carbocycles. The summed E-state index contributed by atoms with van der Waals surface area (Å²) in [6.45, 7) is 4.40. The van der Waals surface area contributed by atoms with Gasteiger partial charge in [0.1, 0.15) is 0 Å². The monoisotopic (exact) mass is 262 g/mol. The van der Waals surface area contributed by atoms with E-state index in [0.29, 0.717) is 6.54 Å². The number of likely N-dealkylation sites (N-methyl/N-ethyl adjacent to an activating group) is 1. The van der Waals surface area contributed by atoms with Gasteiger partial charge < -0.3 is 10.0 Å². The van der Waals surface area contributed by atoms with E-state index in [-0.39, 0.29) is 18.5 Å². The Morgan fingerprint density at radius 1 is 1.42 bits per heavy atom. The van der Waals surface area contributed by atoms with Crippen LogP contribution in [0.15, 0.2) is 18.2 Å². The molecule has 5 heteroatoms. The lowest BCUT2D eigenvalue weighted by Gasteiger charge is -2.19. The third-order valence-corrected chi connectivity index (χ3v) is 3.75. The number of carboxylic acid groups (broad SMARTS) is 1. The molecule has 0 bridgehead atoms. The van der Waals surface area contributed by atoms with Crippen LogP contribution in [0.25, 0.3) is 0 Å². The molecule has 0 aliphatic carbocycles. The van der Waals surface area contributed by atoms with Gasteiger partial charge in [-0.15, -0.1) is 0 Å². The fourth-order valence-corrected chi connectivity index (χ4v) is 2.39. The van der Waals surface area contributed by atoms with Crippen LogP contribution in [0.2, 0.25) is 0 Å². The molecule has 1 aliphatic heterocycles. The number of hydrogen-bond donors (Lipinski definition) is 1. The van der Waals surface area contributed by atoms with Gasteiger partial charge in [-0.25, -0.2) is 4.79 Å². The Morgan fingerprint density at radius 3 is 2.74 bits per heavy atom. The minimum atomic E-state index is -0.882. The number of carbonyl (C=O) groups is 2. The maximum absolute atomic E-state index is 12.2. The fraction of sp³-hybridized carbons (Fsp3) is 0.429. The summed E-state index contributed by atoms with van der Waals surface area (Å²) in [5, 5.41) is 8.88. The van der Waals surface area contributed by atoms with E-state index >= 15 is 0 Å². The predicted molar refractivity (Wildman–Crippen MR) is 72.5 cm³/mol. The van der Waals surface area contributed by atoms with E-state index in [1.807, 2.05) is 32.0 Å². The van der Waals surface area contributed by atoms with Gasteiger partial charge in [-0.1, -0.05) is 12.1 Å². The summed E-state index contributed by atoms with van der Waals surface area (Å²) in [7, 11) is 1.65. The van der Waals surface area contributed by atoms with Crippen molar-refractivity contribution >= 4 is 17.7 Å². The molecule has 1 heterocycles. The first kappa shape index (κ1) is 13.4. The van der Waals surface area contributed by atoms with Crippen molar-refractivity contribution in [1.82, 2.24) is 4.90 Å². The number of anilines is 1. The summed E-state index contributed by atoms with van der Waals surface area (Å²) in [5.74, 6) is -0.882. The van der Waals surface area contributed by atoms with Crippen LogP contribution in [0.3, 0.4) is 0 Å². The fourth-order valence-electron chi connectivity index (χ4n) is 2.39. The summed E-state index contributed by atoms with van der Waals surface area (Å²) in [6.07, 6.45) is -0.0242. The number of benzene rings is 1. The third kappa shape index (κ3) is 2.41. The molecule has 102 valence electrons. The lowest BCUT2D eigenvalue weighted by atomic mass is 10.1. The van der Waals surface area contributed by atoms with Crippen LogP contribution in [-0.4, -0.2) is 41.6 Å². The molecule has 0 aromatic heterocycles. The Morgan fingerprint density at radius 2 is 2.11 bits per heavy atom. The quantitative estimate of drug-likeness (QED) is 0.906. The molecule has 19 heavy (non-hydrogen) atoms. The van der Waals surface area contributed by atoms with Gasteiger partial charge in [0, 0.05) is 19.3 Å². The highest BCUT2D eigenvalue weighted by Crippen LogP contribution is 2.28. The summed E-state index contributed by atoms with van der Waals surface area (Å²) in [5.41, 5.74) is 3.04. The molecule has 1 fully saturated rings. The second-order valence-corrected chi connectivity index (χ2v) is 4.97. The van der Waals surface area contributed by atoms with Gasteiger partial charge in [-0.2, -0.15) is 0 Å². The van der Waals surface area contributed by atoms with Crippen molar-refractivity contribution in [3.05, 3.63) is 29.3 Å². The lowest BCUT2D eigenvalue weighted by Crippen LogP contribution is -2.32. The lowest BCUT2D eigenvalue weighted by molar-refractivity contribution is -0.137. The number of carboxylic acids is 1. The molecule has 1 aliphatic rings. The van der Waals surface area contributed by atoms with E-state index < -0.39 is 5.97 Å². The smallest absolute Gasteiger partial charge is 0.324 e. The van der Waals surface area contributed by atoms with Crippen molar-refractivity contribution in [2.75, 3.05) is 18.5 Å². The van der Waals surface area contributed by atoms with Gasteiger partial charge in [0.15, 0.2) is 0 Å². The molecule has 1 unspecified atom stereocenters. The summed E-state index contributed by atoms with van der Waals surface area (Å²) in [4.78, 5) is 26.2. The molecular weight excluding hydrogens is 244 g/mol. The maximum atomic E-state index is 12.2. The molecule has 1 atom stereocenters. The Hall–Kier alpha value is -2.04. The number of nitrogens with zero attached hydrogens (tertiary/aromatic N) is 2. The average molecular weight is 262 g/mol. The molecule has 0 radical (unpaired) electrons. The second-order valence-electron chi connectivity index (χ2n) is 4.97. The van der Waals surface area contributed by atoms with Crippen LogP contribution in [-0.2, 0) is 4.79 Å². The van der Waals surface area contributed by atoms with E-state index in [1.54, 1.807) is 11.9 Å². The Labute approximate surface area is 112 Å². The number of aliphatic carboxylic acids is 1. The van der Waals surface area contributed by atoms with Crippen LogP contribution in [0.5, 0.6) is 0 Å². The normalized spacial score (nSPS) is 19.1. The largest absolute Gasteiger partial charge is 0.481 e. The van der Waals surface area contributed by atoms with Crippen molar-refractivity contribution in [3.63, 3.8) is 0 Å². The Kier molecular flexibility index (Phi) is 3.46. The van der Waals surface area contributed by atoms with Crippen LogP contribution < -0.4 is 4.90 Å². The number of hydrogen-bond acceptors (Lipinski definition) is 2. The van der Waals surface area contributed by atoms with Gasteiger partial charge in [-0.3, -0.25) is 9.69 Å². The number of aryl methyl sites for hydroxylation is 1. The van der Waals surface area contributed by atoms with Crippen molar-refractivity contribution in [1.29, 1.82) is 0 Å². The van der Waals surface area contributed by atoms with Crippen LogP contribution >= 0.6 is 0 Å². The molecule has 2 rings (SSSR count). The maximum Gasteiger partial charge on any atom is 0.324 e. The molecule has 2 amide bonds. The van der Waals surface area contributed by atoms with Crippen molar-refractivity contribution in [2.45, 2.75) is 26.3 Å². The first-order valence-electron chi connectivity index (χ1n) is 6.24. The minimum absolute atomic E-state index is 0.0242. The van der Waals surface area contributed by atoms with Gasteiger partial charge in [0.25, 0.3) is 0 Å². The zero-order valence-corrected chi connectivity index (χ0v) is 11.4. The summed E-state index contributed by atoms with van der Waals surface area (Å²) >= 11 is 0. The van der Waals surface area contributed by atoms with Crippen molar-refractivity contribution < 1.29 is 14.7 Å². The predicted octanol–water partition coefficient (Wildman–Crippen LogP) is 2.02. The zero-order valence-electron chi connectivity index (χ0n) is 11.4. The van der Waals surface area contributed by atoms with Crippen LogP contribution in [0.4, 0.5) is 10.5 Å². The SMILES string of the molecule is Cc1cccc(N2CC(CC(=O)O)N(C)C2=O)c1C. The average Bonchev–Trinajstić information content (AvgIpc) is 2.61. The number of carbonyl (C=O) groups excluding carboxylic acids is 1. The Balaban J connectivity index is 2.29. The topological polar surface area (TPSA) is 60.9 Å². The molecule has 1 aromatic carbocycles. The van der Waals surface area contributed by atoms with Crippen molar-refractivity contribution in [3.8, 4) is 0 Å². The first-order valence-corrected chi connectivity index (χ1v) is 6.24. The van der Waals surface area contributed by atoms with Gasteiger partial charge >= 0.3 is 12.0 Å². The molecule has 0 spiro atoms. The number of urea groups is 1. The van der Waals surface area contributed by atoms with Gasteiger partial charge in [-0.05, 0) is 31.0 Å². The summed E-state index contributed by atoms with van der Waals surface area (Å²) in [6, 6.07) is 5.40. The zero-order chi connectivity index (χ0) is 14.2. The highest BCUT2D eigenvalue weighted by Gasteiger charge is 2.37. The summed E-state index contributed by atoms with van der Waals surface area (Å²) < 4.78 is 0. The molecule has 1 N–H and O–H groups in total. The van der Waals surface area contributed by atoms with Crippen LogP contribution in [0, 0.1) is 13.8 Å².